The molecule has 162 valence electrons. The maximum atomic E-state index is 12.7. The van der Waals surface area contributed by atoms with E-state index in [9.17, 15) is 10.1 Å². The fourth-order valence-electron chi connectivity index (χ4n) is 3.50. The second kappa shape index (κ2) is 8.86. The molecule has 0 bridgehead atoms. The van der Waals surface area contributed by atoms with Crippen LogP contribution in [0.4, 0.5) is 5.69 Å². The van der Waals surface area contributed by atoms with Crippen LogP contribution in [0.3, 0.4) is 0 Å². The van der Waals surface area contributed by atoms with E-state index in [4.69, 9.17) is 14.2 Å². The number of carbonyl (C=O) groups is 1. The van der Waals surface area contributed by atoms with E-state index in [-0.39, 0.29) is 12.4 Å². The highest BCUT2D eigenvalue weighted by molar-refractivity contribution is 6.09. The van der Waals surface area contributed by atoms with Gasteiger partial charge in [0.15, 0.2) is 11.5 Å². The van der Waals surface area contributed by atoms with E-state index in [2.05, 4.69) is 10.4 Å². The van der Waals surface area contributed by atoms with Gasteiger partial charge in [-0.1, -0.05) is 6.07 Å². The minimum absolute atomic E-state index is 0.0232. The van der Waals surface area contributed by atoms with Crippen LogP contribution in [0.2, 0.25) is 0 Å². The highest BCUT2D eigenvalue weighted by Crippen LogP contribution is 2.34. The molecule has 8 heteroatoms. The van der Waals surface area contributed by atoms with Gasteiger partial charge in [-0.3, -0.25) is 9.48 Å². The lowest BCUT2D eigenvalue weighted by molar-refractivity contribution is -0.112. The molecule has 1 aromatic heterocycles. The van der Waals surface area contributed by atoms with Crippen molar-refractivity contribution in [3.8, 4) is 23.3 Å². The quantitative estimate of drug-likeness (QED) is 0.471. The Hall–Kier alpha value is -4.25. The number of fused-ring (bicyclic) bond motifs is 1. The van der Waals surface area contributed by atoms with Gasteiger partial charge in [-0.15, -0.1) is 0 Å². The largest absolute Gasteiger partial charge is 0.496 e. The second-order valence-electron chi connectivity index (χ2n) is 7.35. The Kier molecular flexibility index (Phi) is 5.81. The summed E-state index contributed by atoms with van der Waals surface area (Å²) >= 11 is 0. The van der Waals surface area contributed by atoms with Crippen LogP contribution in [-0.4, -0.2) is 29.6 Å². The summed E-state index contributed by atoms with van der Waals surface area (Å²) in [7, 11) is 1.61. The van der Waals surface area contributed by atoms with E-state index in [1.54, 1.807) is 37.5 Å². The van der Waals surface area contributed by atoms with Gasteiger partial charge in [0.2, 0.25) is 6.79 Å². The van der Waals surface area contributed by atoms with Crippen LogP contribution < -0.4 is 19.5 Å². The SMILES string of the molecule is COc1ccc(/C=C(/C#N)C(=O)Nc2ccc3c(c2)OCO3)cc1Cn1nc(C)cc1C. The lowest BCUT2D eigenvalue weighted by Gasteiger charge is -2.11. The van der Waals surface area contributed by atoms with Crippen molar-refractivity contribution in [2.45, 2.75) is 20.4 Å². The average molecular weight is 430 g/mol. The number of ether oxygens (including phenoxy) is 3. The van der Waals surface area contributed by atoms with Crippen molar-refractivity contribution in [1.29, 1.82) is 5.26 Å². The third kappa shape index (κ3) is 4.42. The second-order valence-corrected chi connectivity index (χ2v) is 7.35. The number of nitrogens with one attached hydrogen (secondary N) is 1. The molecule has 0 radical (unpaired) electrons. The maximum absolute atomic E-state index is 12.7. The van der Waals surface area contributed by atoms with Gasteiger partial charge in [0.1, 0.15) is 17.4 Å². The van der Waals surface area contributed by atoms with Gasteiger partial charge in [-0.2, -0.15) is 10.4 Å². The molecule has 0 fully saturated rings. The number of methoxy groups -OCH3 is 1. The third-order valence-corrected chi connectivity index (χ3v) is 5.03. The van der Waals surface area contributed by atoms with Crippen molar-refractivity contribution in [1.82, 2.24) is 9.78 Å². The molecule has 8 nitrogen and oxygen atoms in total. The summed E-state index contributed by atoms with van der Waals surface area (Å²) in [6.07, 6.45) is 1.55. The van der Waals surface area contributed by atoms with Gasteiger partial charge >= 0.3 is 0 Å². The Morgan fingerprint density at radius 1 is 1.22 bits per heavy atom. The molecule has 32 heavy (non-hydrogen) atoms. The van der Waals surface area contributed by atoms with Crippen molar-refractivity contribution in [2.24, 2.45) is 0 Å². The number of aromatic nitrogens is 2. The third-order valence-electron chi connectivity index (χ3n) is 5.03. The topological polar surface area (TPSA) is 98.4 Å². The van der Waals surface area contributed by atoms with Gasteiger partial charge in [0.05, 0.1) is 19.3 Å². The van der Waals surface area contributed by atoms with Gasteiger partial charge in [0, 0.05) is 23.0 Å². The lowest BCUT2D eigenvalue weighted by Crippen LogP contribution is -2.13. The van der Waals surface area contributed by atoms with Crippen LogP contribution in [0, 0.1) is 25.2 Å². The van der Waals surface area contributed by atoms with E-state index >= 15 is 0 Å². The molecule has 1 amide bonds. The Morgan fingerprint density at radius 2 is 2.03 bits per heavy atom. The van der Waals surface area contributed by atoms with Crippen LogP contribution >= 0.6 is 0 Å². The number of hydrogen-bond donors (Lipinski definition) is 1. The lowest BCUT2D eigenvalue weighted by atomic mass is 10.1. The first-order chi connectivity index (χ1) is 15.5. The first-order valence-electron chi connectivity index (χ1n) is 9.97. The van der Waals surface area contributed by atoms with Crippen LogP contribution in [0.25, 0.3) is 6.08 Å². The fraction of sp³-hybridized carbons (Fsp3) is 0.208. The van der Waals surface area contributed by atoms with Gasteiger partial charge in [-0.05, 0) is 55.8 Å². The summed E-state index contributed by atoms with van der Waals surface area (Å²) in [6.45, 7) is 4.59. The zero-order chi connectivity index (χ0) is 22.7. The molecule has 0 unspecified atom stereocenters. The van der Waals surface area contributed by atoms with E-state index in [0.29, 0.717) is 35.0 Å². The minimum atomic E-state index is -0.512. The molecule has 1 aliphatic heterocycles. The standard InChI is InChI=1S/C24H22N4O4/c1-15-8-16(2)28(27-15)13-19-10-17(4-6-21(19)30-3)9-18(12-25)24(29)26-20-5-7-22-23(11-20)32-14-31-22/h4-11H,13-14H2,1-3H3,(H,26,29)/b18-9-. The fourth-order valence-corrected chi connectivity index (χ4v) is 3.50. The Morgan fingerprint density at radius 3 is 2.75 bits per heavy atom. The van der Waals surface area contributed by atoms with E-state index in [1.807, 2.05) is 42.8 Å². The summed E-state index contributed by atoms with van der Waals surface area (Å²) in [6, 6.07) is 14.6. The molecule has 0 saturated carbocycles. The maximum Gasteiger partial charge on any atom is 0.266 e. The predicted octanol–water partition coefficient (Wildman–Crippen LogP) is 3.83. The molecule has 0 aliphatic carbocycles. The Bertz CT molecular complexity index is 1250. The number of aryl methyl sites for hydroxylation is 2. The molecule has 2 aromatic carbocycles. The minimum Gasteiger partial charge on any atom is -0.496 e. The molecule has 2 heterocycles. The number of nitriles is 1. The molecular formula is C24H22N4O4. The molecule has 3 aromatic rings. The highest BCUT2D eigenvalue weighted by atomic mass is 16.7. The predicted molar refractivity (Wildman–Crippen MR) is 119 cm³/mol. The van der Waals surface area contributed by atoms with Crippen molar-refractivity contribution >= 4 is 17.7 Å². The van der Waals surface area contributed by atoms with Gasteiger partial charge in [0.25, 0.3) is 5.91 Å². The number of rotatable bonds is 6. The van der Waals surface area contributed by atoms with E-state index in [1.165, 1.54) is 0 Å². The van der Waals surface area contributed by atoms with Crippen molar-refractivity contribution in [2.75, 3.05) is 19.2 Å². The number of anilines is 1. The smallest absolute Gasteiger partial charge is 0.266 e. The number of hydrogen-bond acceptors (Lipinski definition) is 6. The first-order valence-corrected chi connectivity index (χ1v) is 9.97. The van der Waals surface area contributed by atoms with Crippen molar-refractivity contribution in [3.05, 3.63) is 70.6 Å². The zero-order valence-corrected chi connectivity index (χ0v) is 18.0. The summed E-state index contributed by atoms with van der Waals surface area (Å²) < 4.78 is 18.0. The first kappa shape index (κ1) is 21.0. The zero-order valence-electron chi connectivity index (χ0n) is 18.0. The molecule has 0 spiro atoms. The monoisotopic (exact) mass is 430 g/mol. The Balaban J connectivity index is 1.57. The van der Waals surface area contributed by atoms with Gasteiger partial charge < -0.3 is 19.5 Å². The van der Waals surface area contributed by atoms with Crippen LogP contribution in [-0.2, 0) is 11.3 Å². The molecule has 1 N–H and O–H groups in total. The van der Waals surface area contributed by atoms with Crippen LogP contribution in [0.1, 0.15) is 22.5 Å². The number of carbonyl (C=O) groups excluding carboxylic acids is 1. The summed E-state index contributed by atoms with van der Waals surface area (Å²) in [5.41, 5.74) is 4.06. The summed E-state index contributed by atoms with van der Waals surface area (Å²) in [5.74, 6) is 1.36. The van der Waals surface area contributed by atoms with Crippen LogP contribution in [0.15, 0.2) is 48.0 Å². The normalized spacial score (nSPS) is 12.4. The highest BCUT2D eigenvalue weighted by Gasteiger charge is 2.16. The van der Waals surface area contributed by atoms with Crippen molar-refractivity contribution < 1.29 is 19.0 Å². The molecule has 0 atom stereocenters. The summed E-state index contributed by atoms with van der Waals surface area (Å²) in [4.78, 5) is 12.7. The molecule has 0 saturated heterocycles. The van der Waals surface area contributed by atoms with Gasteiger partial charge in [-0.25, -0.2) is 0 Å². The van der Waals surface area contributed by atoms with Crippen molar-refractivity contribution in [3.63, 3.8) is 0 Å². The number of nitrogens with zero attached hydrogens (tertiary/aromatic N) is 3. The average Bonchev–Trinajstić information content (AvgIpc) is 3.37. The van der Waals surface area contributed by atoms with E-state index < -0.39 is 5.91 Å². The number of amides is 1. The number of benzene rings is 2. The molecular weight excluding hydrogens is 408 g/mol. The van der Waals surface area contributed by atoms with Crippen LogP contribution in [0.5, 0.6) is 17.2 Å². The van der Waals surface area contributed by atoms with E-state index in [0.717, 1.165) is 17.0 Å². The molecule has 1 aliphatic rings. The molecule has 4 rings (SSSR count). The Labute approximate surface area is 185 Å². The summed E-state index contributed by atoms with van der Waals surface area (Å²) in [5, 5.41) is 16.8.